The highest BCUT2D eigenvalue weighted by Crippen LogP contribution is 2.10. The van der Waals surface area contributed by atoms with Gasteiger partial charge >= 0.3 is 0 Å². The van der Waals surface area contributed by atoms with Crippen molar-refractivity contribution in [3.05, 3.63) is 24.3 Å². The highest BCUT2D eigenvalue weighted by molar-refractivity contribution is 5.91. The average molecular weight is 291 g/mol. The molecule has 1 aliphatic rings. The van der Waals surface area contributed by atoms with Gasteiger partial charge in [-0.25, -0.2) is 4.98 Å². The van der Waals surface area contributed by atoms with Gasteiger partial charge in [0.05, 0.1) is 12.2 Å². The monoisotopic (exact) mass is 291 g/mol. The number of hydrogen-bond acceptors (Lipinski definition) is 5. The number of aromatic nitrogens is 2. The van der Waals surface area contributed by atoms with Gasteiger partial charge in [0.25, 0.3) is 5.91 Å². The number of rotatable bonds is 6. The number of carbonyl (C=O) groups excluding carboxylic acids is 2. The molecule has 1 aliphatic heterocycles. The summed E-state index contributed by atoms with van der Waals surface area (Å²) in [7, 11) is 0. The van der Waals surface area contributed by atoms with E-state index in [0.717, 1.165) is 25.9 Å². The summed E-state index contributed by atoms with van der Waals surface area (Å²) < 4.78 is 0. The van der Waals surface area contributed by atoms with Crippen molar-refractivity contribution >= 4 is 11.8 Å². The topological polar surface area (TPSA) is 101 Å². The first-order valence-corrected chi connectivity index (χ1v) is 7.27. The Morgan fingerprint density at radius 2 is 2.10 bits per heavy atom. The maximum absolute atomic E-state index is 12.0. The lowest BCUT2D eigenvalue weighted by molar-refractivity contribution is -0.131. The van der Waals surface area contributed by atoms with Crippen LogP contribution in [0, 0.1) is 0 Å². The molecular formula is C14H21N5O2. The predicted octanol–water partition coefficient (Wildman–Crippen LogP) is -0.0637. The van der Waals surface area contributed by atoms with Crippen molar-refractivity contribution in [2.24, 2.45) is 5.73 Å². The van der Waals surface area contributed by atoms with E-state index in [-0.39, 0.29) is 17.5 Å². The molecular weight excluding hydrogens is 270 g/mol. The smallest absolute Gasteiger partial charge is 0.271 e. The molecule has 2 amide bonds. The van der Waals surface area contributed by atoms with Crippen LogP contribution >= 0.6 is 0 Å². The second kappa shape index (κ2) is 7.68. The molecule has 1 aromatic heterocycles. The standard InChI is InChI=1S/C14H21N5O2/c15-11(14(21)19-8-1-2-9-19)4-3-5-18-13(20)12-10-16-6-7-17-12/h6-7,10-11H,1-5,8-9,15H2,(H,18,20)/t11-/m0/s1. The van der Waals surface area contributed by atoms with E-state index in [0.29, 0.717) is 19.4 Å². The first kappa shape index (κ1) is 15.4. The normalized spacial score (nSPS) is 15.8. The molecule has 0 unspecified atom stereocenters. The zero-order valence-corrected chi connectivity index (χ0v) is 12.0. The summed E-state index contributed by atoms with van der Waals surface area (Å²) in [6.45, 7) is 2.10. The molecule has 2 heterocycles. The Kier molecular flexibility index (Phi) is 5.62. The third-order valence-electron chi connectivity index (χ3n) is 3.51. The van der Waals surface area contributed by atoms with Crippen LogP contribution in [0.2, 0.25) is 0 Å². The Bertz CT molecular complexity index is 474. The number of likely N-dealkylation sites (tertiary alicyclic amines) is 1. The molecule has 0 bridgehead atoms. The third kappa shape index (κ3) is 4.49. The second-order valence-corrected chi connectivity index (χ2v) is 5.13. The highest BCUT2D eigenvalue weighted by atomic mass is 16.2. The summed E-state index contributed by atoms with van der Waals surface area (Å²) in [5.41, 5.74) is 6.19. The summed E-state index contributed by atoms with van der Waals surface area (Å²) in [6, 6.07) is -0.475. The van der Waals surface area contributed by atoms with Crippen molar-refractivity contribution in [2.45, 2.75) is 31.7 Å². The van der Waals surface area contributed by atoms with Crippen molar-refractivity contribution in [3.63, 3.8) is 0 Å². The molecule has 21 heavy (non-hydrogen) atoms. The van der Waals surface area contributed by atoms with Crippen LogP contribution in [0.1, 0.15) is 36.2 Å². The molecule has 0 aromatic carbocycles. The fourth-order valence-electron chi connectivity index (χ4n) is 2.33. The van der Waals surface area contributed by atoms with E-state index in [1.807, 2.05) is 4.90 Å². The number of amides is 2. The van der Waals surface area contributed by atoms with Crippen LogP contribution in [0.25, 0.3) is 0 Å². The van der Waals surface area contributed by atoms with Gasteiger partial charge in [-0.1, -0.05) is 0 Å². The van der Waals surface area contributed by atoms with Crippen LogP contribution < -0.4 is 11.1 Å². The number of nitrogens with zero attached hydrogens (tertiary/aromatic N) is 3. The molecule has 1 fully saturated rings. The van der Waals surface area contributed by atoms with E-state index in [9.17, 15) is 9.59 Å². The van der Waals surface area contributed by atoms with Crippen LogP contribution in [-0.2, 0) is 4.79 Å². The molecule has 0 saturated carbocycles. The van der Waals surface area contributed by atoms with Gasteiger partial charge in [-0.3, -0.25) is 14.6 Å². The van der Waals surface area contributed by atoms with Gasteiger partial charge in [-0.2, -0.15) is 0 Å². The quantitative estimate of drug-likeness (QED) is 0.715. The van der Waals surface area contributed by atoms with E-state index < -0.39 is 6.04 Å². The van der Waals surface area contributed by atoms with Crippen molar-refractivity contribution in [1.82, 2.24) is 20.2 Å². The fourth-order valence-corrected chi connectivity index (χ4v) is 2.33. The molecule has 1 saturated heterocycles. The molecule has 1 atom stereocenters. The second-order valence-electron chi connectivity index (χ2n) is 5.13. The predicted molar refractivity (Wildman–Crippen MR) is 77.4 cm³/mol. The summed E-state index contributed by atoms with van der Waals surface area (Å²) in [4.78, 5) is 33.3. The third-order valence-corrected chi connectivity index (χ3v) is 3.51. The van der Waals surface area contributed by atoms with E-state index in [2.05, 4.69) is 15.3 Å². The van der Waals surface area contributed by atoms with Gasteiger partial charge in [0, 0.05) is 32.0 Å². The minimum atomic E-state index is -0.475. The lowest BCUT2D eigenvalue weighted by Gasteiger charge is -2.20. The summed E-state index contributed by atoms with van der Waals surface area (Å²) in [6.07, 6.45) is 7.75. The Morgan fingerprint density at radius 3 is 2.76 bits per heavy atom. The van der Waals surface area contributed by atoms with Crippen LogP contribution in [-0.4, -0.2) is 52.4 Å². The number of carbonyl (C=O) groups is 2. The molecule has 3 N–H and O–H groups in total. The van der Waals surface area contributed by atoms with Crippen molar-refractivity contribution in [1.29, 1.82) is 0 Å². The van der Waals surface area contributed by atoms with E-state index in [1.165, 1.54) is 18.6 Å². The Labute approximate surface area is 123 Å². The molecule has 0 aliphatic carbocycles. The van der Waals surface area contributed by atoms with Crippen molar-refractivity contribution in [3.8, 4) is 0 Å². The maximum Gasteiger partial charge on any atom is 0.271 e. The van der Waals surface area contributed by atoms with E-state index >= 15 is 0 Å². The van der Waals surface area contributed by atoms with Gasteiger partial charge in [-0.15, -0.1) is 0 Å². The number of hydrogen-bond donors (Lipinski definition) is 2. The van der Waals surface area contributed by atoms with Crippen LogP contribution in [0.4, 0.5) is 0 Å². The molecule has 0 spiro atoms. The molecule has 7 heteroatoms. The van der Waals surface area contributed by atoms with Gasteiger partial charge in [0.15, 0.2) is 0 Å². The summed E-state index contributed by atoms with van der Waals surface area (Å²) in [5, 5.41) is 2.74. The fraction of sp³-hybridized carbons (Fsp3) is 0.571. The summed E-state index contributed by atoms with van der Waals surface area (Å²) in [5.74, 6) is -0.240. The first-order chi connectivity index (χ1) is 10.2. The summed E-state index contributed by atoms with van der Waals surface area (Å²) >= 11 is 0. The van der Waals surface area contributed by atoms with Crippen molar-refractivity contribution in [2.75, 3.05) is 19.6 Å². The average Bonchev–Trinajstić information content (AvgIpc) is 3.05. The van der Waals surface area contributed by atoms with E-state index in [4.69, 9.17) is 5.73 Å². The van der Waals surface area contributed by atoms with Gasteiger partial charge in [-0.05, 0) is 25.7 Å². The largest absolute Gasteiger partial charge is 0.351 e. The SMILES string of the molecule is N[C@@H](CCCNC(=O)c1cnccn1)C(=O)N1CCCC1. The van der Waals surface area contributed by atoms with Crippen LogP contribution in [0.3, 0.4) is 0 Å². The zero-order valence-electron chi connectivity index (χ0n) is 12.0. The molecule has 1 aromatic rings. The number of nitrogens with two attached hydrogens (primary N) is 1. The lowest BCUT2D eigenvalue weighted by atomic mass is 10.1. The molecule has 2 rings (SSSR count). The minimum Gasteiger partial charge on any atom is -0.351 e. The molecule has 7 nitrogen and oxygen atoms in total. The number of nitrogens with one attached hydrogen (secondary N) is 1. The Morgan fingerprint density at radius 1 is 1.33 bits per heavy atom. The van der Waals surface area contributed by atoms with Gasteiger partial charge < -0.3 is 16.0 Å². The molecule has 114 valence electrons. The Balaban J connectivity index is 1.65. The van der Waals surface area contributed by atoms with E-state index in [1.54, 1.807) is 0 Å². The van der Waals surface area contributed by atoms with Gasteiger partial charge in [0.1, 0.15) is 5.69 Å². The van der Waals surface area contributed by atoms with Crippen LogP contribution in [0.5, 0.6) is 0 Å². The van der Waals surface area contributed by atoms with Crippen LogP contribution in [0.15, 0.2) is 18.6 Å². The van der Waals surface area contributed by atoms with Crippen molar-refractivity contribution < 1.29 is 9.59 Å². The first-order valence-electron chi connectivity index (χ1n) is 7.27. The van der Waals surface area contributed by atoms with Gasteiger partial charge in [0.2, 0.25) is 5.91 Å². The lowest BCUT2D eigenvalue weighted by Crippen LogP contribution is -2.42. The molecule has 0 radical (unpaired) electrons. The Hall–Kier alpha value is -2.02. The minimum absolute atomic E-state index is 0.0211. The highest BCUT2D eigenvalue weighted by Gasteiger charge is 2.23. The zero-order chi connectivity index (χ0) is 15.1. The maximum atomic E-state index is 12.0.